The summed E-state index contributed by atoms with van der Waals surface area (Å²) in [6, 6.07) is 9.71. The van der Waals surface area contributed by atoms with Crippen molar-refractivity contribution in [1.82, 2.24) is 9.73 Å². The van der Waals surface area contributed by atoms with E-state index in [1.165, 1.54) is 56.6 Å². The average molecular weight is 387 g/mol. The molecule has 2 aromatic carbocycles. The van der Waals surface area contributed by atoms with Gasteiger partial charge in [-0.15, -0.1) is 0 Å². The molecule has 26 heavy (non-hydrogen) atoms. The number of amides is 1. The lowest BCUT2D eigenvalue weighted by Crippen LogP contribution is -2.30. The third-order valence-electron chi connectivity index (χ3n) is 3.44. The summed E-state index contributed by atoms with van der Waals surface area (Å²) >= 11 is 0. The first-order chi connectivity index (χ1) is 12.0. The number of nitrogens with zero attached hydrogens (tertiary/aromatic N) is 1. The fourth-order valence-electron chi connectivity index (χ4n) is 2.02. The van der Waals surface area contributed by atoms with Crippen molar-refractivity contribution in [3.63, 3.8) is 0 Å². The maximum absolute atomic E-state index is 12.9. The molecule has 0 aromatic heterocycles. The van der Waals surface area contributed by atoms with Gasteiger partial charge in [-0.25, -0.2) is 12.7 Å². The molecular formula is C16H16F3N3O3S. The van der Waals surface area contributed by atoms with E-state index in [-0.39, 0.29) is 16.1 Å². The number of carbonyl (C=O) groups excluding carboxylic acids is 1. The van der Waals surface area contributed by atoms with Crippen LogP contribution in [0.3, 0.4) is 0 Å². The molecule has 10 heteroatoms. The highest BCUT2D eigenvalue weighted by atomic mass is 32.2. The van der Waals surface area contributed by atoms with Gasteiger partial charge in [0.05, 0.1) is 16.1 Å². The van der Waals surface area contributed by atoms with Crippen LogP contribution in [0.15, 0.2) is 53.4 Å². The molecule has 0 atom stereocenters. The van der Waals surface area contributed by atoms with Crippen LogP contribution in [0, 0.1) is 0 Å². The standard InChI is InChI=1S/C16H16F3N3O3S/c1-22(2)26(24,25)12-9-7-11(8-10-12)15(23)21-20-14-6-4-3-5-13(14)16(17,18)19/h3-10,20H,1-2H3,(H,21,23). The van der Waals surface area contributed by atoms with Crippen molar-refractivity contribution in [1.29, 1.82) is 0 Å². The van der Waals surface area contributed by atoms with Crippen LogP contribution in [0.2, 0.25) is 0 Å². The fraction of sp³-hybridized carbons (Fsp3) is 0.188. The number of hydrogen-bond acceptors (Lipinski definition) is 4. The molecule has 0 aliphatic carbocycles. The van der Waals surface area contributed by atoms with Crippen molar-refractivity contribution >= 4 is 21.6 Å². The molecule has 1 amide bonds. The second kappa shape index (κ2) is 7.34. The van der Waals surface area contributed by atoms with Gasteiger partial charge in [0.1, 0.15) is 0 Å². The van der Waals surface area contributed by atoms with E-state index in [4.69, 9.17) is 0 Å². The lowest BCUT2D eigenvalue weighted by molar-refractivity contribution is -0.137. The van der Waals surface area contributed by atoms with Gasteiger partial charge in [0.25, 0.3) is 5.91 Å². The molecule has 0 spiro atoms. The minimum atomic E-state index is -4.57. The number of sulfonamides is 1. The molecule has 0 bridgehead atoms. The van der Waals surface area contributed by atoms with Crippen LogP contribution in [-0.2, 0) is 16.2 Å². The molecule has 0 saturated heterocycles. The Balaban J connectivity index is 2.13. The van der Waals surface area contributed by atoms with Gasteiger partial charge in [-0.2, -0.15) is 13.2 Å². The summed E-state index contributed by atoms with van der Waals surface area (Å²) in [6.45, 7) is 0. The summed E-state index contributed by atoms with van der Waals surface area (Å²) in [5.74, 6) is -0.712. The minimum absolute atomic E-state index is 0.00516. The molecule has 0 aliphatic rings. The molecule has 0 radical (unpaired) electrons. The first-order valence-electron chi connectivity index (χ1n) is 7.28. The molecule has 2 N–H and O–H groups in total. The van der Waals surface area contributed by atoms with E-state index in [2.05, 4.69) is 10.9 Å². The predicted molar refractivity (Wildman–Crippen MR) is 89.8 cm³/mol. The van der Waals surface area contributed by atoms with Crippen LogP contribution in [0.1, 0.15) is 15.9 Å². The lowest BCUT2D eigenvalue weighted by atomic mass is 10.2. The first-order valence-corrected chi connectivity index (χ1v) is 8.72. The Kier molecular flexibility index (Phi) is 5.57. The minimum Gasteiger partial charge on any atom is -0.298 e. The molecule has 0 aliphatic heterocycles. The molecule has 2 aromatic rings. The van der Waals surface area contributed by atoms with Crippen molar-refractivity contribution in [2.75, 3.05) is 19.5 Å². The Bertz CT molecular complexity index is 895. The second-order valence-corrected chi connectivity index (χ2v) is 7.59. The number of para-hydroxylation sites is 1. The van der Waals surface area contributed by atoms with Crippen LogP contribution in [0.25, 0.3) is 0 Å². The van der Waals surface area contributed by atoms with Crippen LogP contribution in [-0.4, -0.2) is 32.7 Å². The van der Waals surface area contributed by atoms with E-state index >= 15 is 0 Å². The molecule has 0 heterocycles. The van der Waals surface area contributed by atoms with Crippen molar-refractivity contribution < 1.29 is 26.4 Å². The molecule has 0 fully saturated rings. The second-order valence-electron chi connectivity index (χ2n) is 5.43. The molecule has 6 nitrogen and oxygen atoms in total. The summed E-state index contributed by atoms with van der Waals surface area (Å²) in [4.78, 5) is 12.1. The van der Waals surface area contributed by atoms with Gasteiger partial charge >= 0.3 is 6.18 Å². The Labute approximate surface area is 148 Å². The normalized spacial score (nSPS) is 12.1. The molecule has 140 valence electrons. The zero-order valence-corrected chi connectivity index (χ0v) is 14.6. The van der Waals surface area contributed by atoms with Gasteiger partial charge in [0, 0.05) is 19.7 Å². The quantitative estimate of drug-likeness (QED) is 0.774. The summed E-state index contributed by atoms with van der Waals surface area (Å²) in [5.41, 5.74) is 3.25. The summed E-state index contributed by atoms with van der Waals surface area (Å²) in [5, 5.41) is 0. The third-order valence-corrected chi connectivity index (χ3v) is 5.27. The van der Waals surface area contributed by atoms with Gasteiger partial charge in [-0.05, 0) is 36.4 Å². The van der Waals surface area contributed by atoms with E-state index in [1.807, 2.05) is 0 Å². The summed E-state index contributed by atoms with van der Waals surface area (Å²) < 4.78 is 63.7. The maximum atomic E-state index is 12.9. The highest BCUT2D eigenvalue weighted by Crippen LogP contribution is 2.34. The smallest absolute Gasteiger partial charge is 0.298 e. The molecule has 0 saturated carbocycles. The zero-order valence-electron chi connectivity index (χ0n) is 13.8. The zero-order chi connectivity index (χ0) is 19.5. The van der Waals surface area contributed by atoms with Gasteiger partial charge in [-0.3, -0.25) is 15.6 Å². The average Bonchev–Trinajstić information content (AvgIpc) is 2.59. The molecular weight excluding hydrogens is 371 g/mol. The number of carbonyl (C=O) groups is 1. The third kappa shape index (κ3) is 4.33. The largest absolute Gasteiger partial charge is 0.418 e. The van der Waals surface area contributed by atoms with E-state index in [0.717, 1.165) is 10.4 Å². The van der Waals surface area contributed by atoms with Gasteiger partial charge in [0.2, 0.25) is 10.0 Å². The Hall–Kier alpha value is -2.59. The number of hydrogen-bond donors (Lipinski definition) is 2. The van der Waals surface area contributed by atoms with Crippen LogP contribution in [0.4, 0.5) is 18.9 Å². The van der Waals surface area contributed by atoms with Gasteiger partial charge in [-0.1, -0.05) is 12.1 Å². The summed E-state index contributed by atoms with van der Waals surface area (Å²) in [7, 11) is -0.890. The number of alkyl halides is 3. The SMILES string of the molecule is CN(C)S(=O)(=O)c1ccc(C(=O)NNc2ccccc2C(F)(F)F)cc1. The number of halogens is 3. The Morgan fingerprint density at radius 1 is 1.00 bits per heavy atom. The van der Waals surface area contributed by atoms with Crippen LogP contribution < -0.4 is 10.9 Å². The van der Waals surface area contributed by atoms with E-state index in [0.29, 0.717) is 0 Å². The molecule has 2 rings (SSSR count). The van der Waals surface area contributed by atoms with Crippen molar-refractivity contribution in [2.24, 2.45) is 0 Å². The van der Waals surface area contributed by atoms with E-state index < -0.39 is 27.7 Å². The number of rotatable bonds is 5. The first kappa shape index (κ1) is 19.7. The van der Waals surface area contributed by atoms with Crippen LogP contribution in [0.5, 0.6) is 0 Å². The number of hydrazine groups is 1. The highest BCUT2D eigenvalue weighted by Gasteiger charge is 2.33. The maximum Gasteiger partial charge on any atom is 0.418 e. The fourth-order valence-corrected chi connectivity index (χ4v) is 2.93. The van der Waals surface area contributed by atoms with Crippen molar-refractivity contribution in [3.8, 4) is 0 Å². The van der Waals surface area contributed by atoms with Gasteiger partial charge in [0.15, 0.2) is 0 Å². The monoisotopic (exact) mass is 387 g/mol. The van der Waals surface area contributed by atoms with E-state index in [9.17, 15) is 26.4 Å². The van der Waals surface area contributed by atoms with E-state index in [1.54, 1.807) is 0 Å². The van der Waals surface area contributed by atoms with Crippen molar-refractivity contribution in [2.45, 2.75) is 11.1 Å². The lowest BCUT2D eigenvalue weighted by Gasteiger charge is -2.15. The van der Waals surface area contributed by atoms with Crippen LogP contribution >= 0.6 is 0 Å². The Morgan fingerprint density at radius 2 is 1.58 bits per heavy atom. The highest BCUT2D eigenvalue weighted by molar-refractivity contribution is 7.89. The number of anilines is 1. The number of benzene rings is 2. The van der Waals surface area contributed by atoms with Crippen molar-refractivity contribution in [3.05, 3.63) is 59.7 Å². The topological polar surface area (TPSA) is 78.5 Å². The Morgan fingerprint density at radius 3 is 2.12 bits per heavy atom. The number of nitrogens with one attached hydrogen (secondary N) is 2. The predicted octanol–water partition coefficient (Wildman–Crippen LogP) is 2.71. The van der Waals surface area contributed by atoms with Gasteiger partial charge < -0.3 is 0 Å². The summed E-state index contributed by atoms with van der Waals surface area (Å²) in [6.07, 6.45) is -4.57. The molecule has 0 unspecified atom stereocenters.